The van der Waals surface area contributed by atoms with E-state index in [1.807, 2.05) is 44.5 Å². The first kappa shape index (κ1) is 27.1. The Morgan fingerprint density at radius 1 is 1.10 bits per heavy atom. The molecule has 0 saturated carbocycles. The summed E-state index contributed by atoms with van der Waals surface area (Å²) in [5.41, 5.74) is 5.35. The molecule has 210 valence electrons. The third-order valence-electron chi connectivity index (χ3n) is 8.17. The monoisotopic (exact) mass is 582 g/mol. The topological polar surface area (TPSA) is 99.4 Å². The number of carbonyl (C=O) groups is 1. The van der Waals surface area contributed by atoms with Gasteiger partial charge in [0.25, 0.3) is 0 Å². The summed E-state index contributed by atoms with van der Waals surface area (Å²) < 4.78 is 3.78. The molecule has 1 atom stereocenters. The predicted octanol–water partition coefficient (Wildman–Crippen LogP) is 4.10. The van der Waals surface area contributed by atoms with Crippen LogP contribution in [0.1, 0.15) is 37.1 Å². The fourth-order valence-corrected chi connectivity index (χ4v) is 6.44. The molecule has 2 aromatic heterocycles. The minimum atomic E-state index is -0.621. The summed E-state index contributed by atoms with van der Waals surface area (Å²) in [6.45, 7) is 5.14. The number of β-amino-alcohol motifs (C(OH)–C–C–N with tert-alkyl or cyclic N) is 1. The van der Waals surface area contributed by atoms with Crippen LogP contribution in [-0.2, 0) is 24.3 Å². The lowest BCUT2D eigenvalue weighted by Gasteiger charge is -2.33. The van der Waals surface area contributed by atoms with Gasteiger partial charge in [-0.25, -0.2) is 4.79 Å². The highest BCUT2D eigenvalue weighted by atomic mass is 35.5. The zero-order chi connectivity index (χ0) is 28.0. The molecule has 1 amide bonds. The van der Waals surface area contributed by atoms with E-state index in [-0.39, 0.29) is 17.6 Å². The van der Waals surface area contributed by atoms with E-state index >= 15 is 0 Å². The van der Waals surface area contributed by atoms with Crippen molar-refractivity contribution in [3.05, 3.63) is 74.3 Å². The van der Waals surface area contributed by atoms with Crippen LogP contribution < -0.4 is 5.69 Å². The fraction of sp³-hybridized carbons (Fsp3) is 0.414. The third kappa shape index (κ3) is 5.19. The van der Waals surface area contributed by atoms with Crippen LogP contribution in [0.5, 0.6) is 0 Å². The normalized spacial score (nSPS) is 17.4. The number of hydrogen-bond donors (Lipinski definition) is 2. The molecule has 4 heterocycles. The lowest BCUT2D eigenvalue weighted by atomic mass is 10.0. The largest absolute Gasteiger partial charge is 0.390 e. The summed E-state index contributed by atoms with van der Waals surface area (Å²) >= 11 is 12.5. The molecule has 4 aromatic rings. The standard InChI is InChI=1S/C29H32Cl2N6O3/c1-18(38)35-13-10-26-22(17-35)28(19-6-7-23(30)24(31)14-19)33-36(26)16-21(39)15-34-11-8-20(9-12-34)37-27-5-3-2-4-25(27)32-29(37)40/h2-7,14,20-21,39H,8-13,15-17H2,1H3,(H,32,40). The maximum atomic E-state index is 12.6. The van der Waals surface area contributed by atoms with Crippen LogP contribution >= 0.6 is 23.2 Å². The van der Waals surface area contributed by atoms with Gasteiger partial charge >= 0.3 is 5.69 Å². The fourth-order valence-electron chi connectivity index (χ4n) is 6.14. The number of fused-ring (bicyclic) bond motifs is 2. The van der Waals surface area contributed by atoms with Crippen LogP contribution in [0, 0.1) is 0 Å². The van der Waals surface area contributed by atoms with Crippen molar-refractivity contribution in [3.63, 3.8) is 0 Å². The molecular formula is C29H32Cl2N6O3. The molecule has 2 aliphatic rings. The number of aromatic nitrogens is 4. The minimum Gasteiger partial charge on any atom is -0.390 e. The molecule has 0 radical (unpaired) electrons. The van der Waals surface area contributed by atoms with E-state index in [2.05, 4.69) is 9.88 Å². The Balaban J connectivity index is 1.16. The Labute approximate surface area is 241 Å². The number of halogens is 2. The lowest BCUT2D eigenvalue weighted by molar-refractivity contribution is -0.129. The van der Waals surface area contributed by atoms with E-state index in [1.165, 1.54) is 0 Å². The van der Waals surface area contributed by atoms with Crippen molar-refractivity contribution in [1.29, 1.82) is 0 Å². The average molecular weight is 584 g/mol. The Kier molecular flexibility index (Phi) is 7.48. The van der Waals surface area contributed by atoms with E-state index in [9.17, 15) is 14.7 Å². The van der Waals surface area contributed by atoms with Gasteiger partial charge in [-0.1, -0.05) is 41.4 Å². The molecule has 9 nitrogen and oxygen atoms in total. The van der Waals surface area contributed by atoms with Gasteiger partial charge in [-0.2, -0.15) is 5.10 Å². The van der Waals surface area contributed by atoms with Gasteiger partial charge in [0, 0.05) is 68.9 Å². The van der Waals surface area contributed by atoms with E-state index in [4.69, 9.17) is 28.3 Å². The van der Waals surface area contributed by atoms with Crippen LogP contribution in [0.15, 0.2) is 47.3 Å². The third-order valence-corrected chi connectivity index (χ3v) is 8.91. The van der Waals surface area contributed by atoms with Crippen LogP contribution in [-0.4, -0.2) is 72.4 Å². The van der Waals surface area contributed by atoms with Crippen molar-refractivity contribution in [3.8, 4) is 11.3 Å². The number of aromatic amines is 1. The van der Waals surface area contributed by atoms with Gasteiger partial charge in [-0.15, -0.1) is 0 Å². The maximum absolute atomic E-state index is 12.6. The van der Waals surface area contributed by atoms with Crippen LogP contribution in [0.25, 0.3) is 22.3 Å². The number of piperidine rings is 1. The first-order valence-corrected chi connectivity index (χ1v) is 14.4. The van der Waals surface area contributed by atoms with Gasteiger partial charge in [-0.05, 0) is 37.1 Å². The molecule has 1 fully saturated rings. The zero-order valence-electron chi connectivity index (χ0n) is 22.3. The second kappa shape index (κ2) is 11.0. The van der Waals surface area contributed by atoms with E-state index in [1.54, 1.807) is 19.1 Å². The van der Waals surface area contributed by atoms with Gasteiger partial charge in [0.15, 0.2) is 0 Å². The number of hydrogen-bond acceptors (Lipinski definition) is 5. The SMILES string of the molecule is CC(=O)N1CCc2c(c(-c3ccc(Cl)c(Cl)c3)nn2CC(O)CN2CCC(n3c(=O)[nH]c4ccccc43)CC2)C1. The van der Waals surface area contributed by atoms with E-state index in [0.717, 1.165) is 59.5 Å². The number of para-hydroxylation sites is 2. The summed E-state index contributed by atoms with van der Waals surface area (Å²) in [5, 5.41) is 16.9. The highest BCUT2D eigenvalue weighted by Crippen LogP contribution is 2.34. The van der Waals surface area contributed by atoms with E-state index < -0.39 is 6.10 Å². The first-order valence-electron chi connectivity index (χ1n) is 13.7. The van der Waals surface area contributed by atoms with Crippen molar-refractivity contribution in [1.82, 2.24) is 29.1 Å². The van der Waals surface area contributed by atoms with Crippen molar-refractivity contribution in [2.45, 2.75) is 51.4 Å². The molecule has 0 bridgehead atoms. The Bertz CT molecular complexity index is 1620. The molecule has 11 heteroatoms. The number of carbonyl (C=O) groups excluding carboxylic acids is 1. The second-order valence-corrected chi connectivity index (χ2v) is 11.6. The lowest BCUT2D eigenvalue weighted by Crippen LogP contribution is -2.42. The van der Waals surface area contributed by atoms with Crippen LogP contribution in [0.2, 0.25) is 10.0 Å². The number of benzene rings is 2. The highest BCUT2D eigenvalue weighted by Gasteiger charge is 2.29. The molecule has 1 saturated heterocycles. The van der Waals surface area contributed by atoms with Crippen molar-refractivity contribution < 1.29 is 9.90 Å². The molecule has 1 unspecified atom stereocenters. The quantitative estimate of drug-likeness (QED) is 0.356. The van der Waals surface area contributed by atoms with Gasteiger partial charge in [-0.3, -0.25) is 14.0 Å². The summed E-state index contributed by atoms with van der Waals surface area (Å²) in [4.78, 5) is 31.8. The summed E-state index contributed by atoms with van der Waals surface area (Å²) in [5.74, 6) is 0.0248. The number of aliphatic hydroxyl groups excluding tert-OH is 1. The van der Waals surface area contributed by atoms with Gasteiger partial charge in [0.2, 0.25) is 5.91 Å². The Morgan fingerprint density at radius 2 is 1.88 bits per heavy atom. The average Bonchev–Trinajstić information content (AvgIpc) is 3.47. The van der Waals surface area contributed by atoms with Gasteiger partial charge in [0.1, 0.15) is 0 Å². The number of imidazole rings is 1. The maximum Gasteiger partial charge on any atom is 0.326 e. The summed E-state index contributed by atoms with van der Waals surface area (Å²) in [7, 11) is 0. The van der Waals surface area contributed by atoms with Gasteiger partial charge in [0.05, 0.1) is 39.4 Å². The summed E-state index contributed by atoms with van der Waals surface area (Å²) in [6, 6.07) is 13.4. The predicted molar refractivity (Wildman–Crippen MR) is 156 cm³/mol. The second-order valence-electron chi connectivity index (χ2n) is 10.8. The molecule has 2 N–H and O–H groups in total. The van der Waals surface area contributed by atoms with Crippen molar-refractivity contribution in [2.75, 3.05) is 26.2 Å². The number of amides is 1. The number of nitrogens with one attached hydrogen (secondary N) is 1. The van der Waals surface area contributed by atoms with Crippen LogP contribution in [0.3, 0.4) is 0 Å². The molecule has 0 spiro atoms. The molecule has 0 aliphatic carbocycles. The molecule has 2 aromatic carbocycles. The Morgan fingerprint density at radius 3 is 2.62 bits per heavy atom. The number of H-pyrrole nitrogens is 1. The highest BCUT2D eigenvalue weighted by molar-refractivity contribution is 6.42. The van der Waals surface area contributed by atoms with Crippen LogP contribution in [0.4, 0.5) is 0 Å². The van der Waals surface area contributed by atoms with Crippen molar-refractivity contribution in [2.24, 2.45) is 0 Å². The molecule has 40 heavy (non-hydrogen) atoms. The molecule has 6 rings (SSSR count). The molecule has 2 aliphatic heterocycles. The number of rotatable bonds is 6. The summed E-state index contributed by atoms with van der Waals surface area (Å²) in [6.07, 6.45) is 1.73. The zero-order valence-corrected chi connectivity index (χ0v) is 23.8. The minimum absolute atomic E-state index is 0.0248. The van der Waals surface area contributed by atoms with Crippen molar-refractivity contribution >= 4 is 40.1 Å². The number of aliphatic hydroxyl groups is 1. The Hall–Kier alpha value is -3.11. The van der Waals surface area contributed by atoms with Gasteiger partial charge < -0.3 is 19.9 Å². The molecular weight excluding hydrogens is 551 g/mol. The number of nitrogens with zero attached hydrogens (tertiary/aromatic N) is 5. The smallest absolute Gasteiger partial charge is 0.326 e. The first-order chi connectivity index (χ1) is 19.3. The van der Waals surface area contributed by atoms with E-state index in [0.29, 0.717) is 42.6 Å². The number of likely N-dealkylation sites (tertiary alicyclic amines) is 1.